The molecule has 2 N–H and O–H groups in total. The summed E-state index contributed by atoms with van der Waals surface area (Å²) in [4.78, 5) is 25.4. The van der Waals surface area contributed by atoms with Gasteiger partial charge < -0.3 is 25.2 Å². The van der Waals surface area contributed by atoms with Crippen LogP contribution in [0.4, 0.5) is 11.6 Å². The molecule has 106 valence electrons. The summed E-state index contributed by atoms with van der Waals surface area (Å²) >= 11 is 0. The molecule has 0 unspecified atom stereocenters. The van der Waals surface area contributed by atoms with Crippen LogP contribution in [0.15, 0.2) is 29.1 Å². The fraction of sp³-hybridized carbons (Fsp3) is 0.273. The van der Waals surface area contributed by atoms with Crippen LogP contribution in [0.2, 0.25) is 0 Å². The van der Waals surface area contributed by atoms with Gasteiger partial charge in [-0.1, -0.05) is 0 Å². The van der Waals surface area contributed by atoms with Gasteiger partial charge in [-0.25, -0.2) is 0 Å². The number of nitro groups is 1. The van der Waals surface area contributed by atoms with Gasteiger partial charge in [0.25, 0.3) is 0 Å². The van der Waals surface area contributed by atoms with Crippen molar-refractivity contribution in [3.63, 3.8) is 0 Å². The quantitative estimate of drug-likeness (QED) is 0.592. The van der Waals surface area contributed by atoms with E-state index in [9.17, 15) is 14.9 Å². The number of imidazole rings is 1. The summed E-state index contributed by atoms with van der Waals surface area (Å²) in [6.45, 7) is 0.169. The lowest BCUT2D eigenvalue weighted by Gasteiger charge is -2.06. The Balaban J connectivity index is 1.87. The highest BCUT2D eigenvalue weighted by Crippen LogP contribution is 2.20. The monoisotopic (exact) mass is 279 g/mol. The van der Waals surface area contributed by atoms with E-state index in [4.69, 9.17) is 4.42 Å². The summed E-state index contributed by atoms with van der Waals surface area (Å²) in [6.07, 6.45) is 2.82. The normalized spacial score (nSPS) is 10.2. The number of hydrogen-bond donors (Lipinski definition) is 2. The smallest absolute Gasteiger partial charge is 0.406 e. The van der Waals surface area contributed by atoms with Crippen molar-refractivity contribution in [2.45, 2.75) is 6.54 Å². The van der Waals surface area contributed by atoms with E-state index in [1.165, 1.54) is 17.2 Å². The number of aromatic nitrogens is 2. The zero-order valence-corrected chi connectivity index (χ0v) is 10.7. The zero-order chi connectivity index (χ0) is 14.5. The van der Waals surface area contributed by atoms with Crippen LogP contribution >= 0.6 is 0 Å². The first-order valence-electron chi connectivity index (χ1n) is 5.76. The van der Waals surface area contributed by atoms with Crippen LogP contribution in [0.1, 0.15) is 5.76 Å². The van der Waals surface area contributed by atoms with E-state index in [0.29, 0.717) is 5.76 Å². The average molecular weight is 279 g/mol. The van der Waals surface area contributed by atoms with Gasteiger partial charge in [-0.2, -0.15) is 0 Å². The summed E-state index contributed by atoms with van der Waals surface area (Å²) in [5, 5.41) is 16.0. The van der Waals surface area contributed by atoms with Crippen molar-refractivity contribution in [1.82, 2.24) is 14.9 Å². The van der Waals surface area contributed by atoms with E-state index in [1.54, 1.807) is 19.2 Å². The predicted molar refractivity (Wildman–Crippen MR) is 68.9 cm³/mol. The lowest BCUT2D eigenvalue weighted by atomic mass is 10.4. The van der Waals surface area contributed by atoms with Crippen molar-refractivity contribution in [3.05, 3.63) is 40.6 Å². The molecule has 0 bridgehead atoms. The molecule has 0 radical (unpaired) electrons. The predicted octanol–water partition coefficient (Wildman–Crippen LogP) is 0.650. The number of anilines is 1. The average Bonchev–Trinajstić information content (AvgIpc) is 3.03. The van der Waals surface area contributed by atoms with Crippen molar-refractivity contribution < 1.29 is 14.1 Å². The Morgan fingerprint density at radius 2 is 2.40 bits per heavy atom. The molecule has 1 amide bonds. The fourth-order valence-electron chi connectivity index (χ4n) is 1.58. The van der Waals surface area contributed by atoms with Crippen LogP contribution in [0.25, 0.3) is 0 Å². The molecule has 2 aromatic heterocycles. The molecule has 0 spiro atoms. The summed E-state index contributed by atoms with van der Waals surface area (Å²) in [7, 11) is 1.60. The molecular formula is C11H13N5O4. The Bertz CT molecular complexity index is 604. The van der Waals surface area contributed by atoms with Crippen LogP contribution in [0, 0.1) is 10.1 Å². The number of rotatable bonds is 6. The first kappa shape index (κ1) is 13.6. The van der Waals surface area contributed by atoms with Crippen LogP contribution < -0.4 is 10.6 Å². The van der Waals surface area contributed by atoms with Gasteiger partial charge in [-0.15, -0.1) is 0 Å². The summed E-state index contributed by atoms with van der Waals surface area (Å²) < 4.78 is 6.51. The Kier molecular flexibility index (Phi) is 3.99. The standard InChI is InChI=1S/C11H13N5O4/c1-15-7-14-11(16(18)19)10(15)13-6-9(17)12-5-8-3-2-4-20-8/h2-4,7,13H,5-6H2,1H3,(H,12,17). The minimum Gasteiger partial charge on any atom is -0.467 e. The molecule has 2 rings (SSSR count). The highest BCUT2D eigenvalue weighted by Gasteiger charge is 2.20. The molecule has 0 aromatic carbocycles. The summed E-state index contributed by atoms with van der Waals surface area (Å²) in [5.74, 6) is 0.191. The van der Waals surface area contributed by atoms with Gasteiger partial charge in [-0.3, -0.25) is 9.36 Å². The van der Waals surface area contributed by atoms with E-state index < -0.39 is 4.92 Å². The summed E-state index contributed by atoms with van der Waals surface area (Å²) in [6, 6.07) is 3.46. The second kappa shape index (κ2) is 5.87. The maximum absolute atomic E-state index is 11.6. The largest absolute Gasteiger partial charge is 0.467 e. The van der Waals surface area contributed by atoms with Gasteiger partial charge in [0.1, 0.15) is 5.76 Å². The van der Waals surface area contributed by atoms with Crippen molar-refractivity contribution in [2.75, 3.05) is 11.9 Å². The second-order valence-corrected chi connectivity index (χ2v) is 3.99. The van der Waals surface area contributed by atoms with Gasteiger partial charge >= 0.3 is 5.82 Å². The maximum Gasteiger partial charge on any atom is 0.406 e. The second-order valence-electron chi connectivity index (χ2n) is 3.99. The molecule has 0 saturated carbocycles. The molecule has 0 aliphatic carbocycles. The SMILES string of the molecule is Cn1cnc([N+](=O)[O-])c1NCC(=O)NCc1ccco1. The minimum atomic E-state index is -0.608. The minimum absolute atomic E-state index is 0.0961. The van der Waals surface area contributed by atoms with Gasteiger partial charge in [0, 0.05) is 7.05 Å². The lowest BCUT2D eigenvalue weighted by Crippen LogP contribution is -2.29. The molecule has 9 nitrogen and oxygen atoms in total. The molecular weight excluding hydrogens is 266 g/mol. The Morgan fingerprint density at radius 3 is 3.05 bits per heavy atom. The van der Waals surface area contributed by atoms with E-state index in [-0.39, 0.29) is 30.6 Å². The first-order chi connectivity index (χ1) is 9.58. The van der Waals surface area contributed by atoms with E-state index >= 15 is 0 Å². The van der Waals surface area contributed by atoms with Crippen molar-refractivity contribution in [3.8, 4) is 0 Å². The number of amides is 1. The number of carbonyl (C=O) groups is 1. The molecule has 0 fully saturated rings. The topological polar surface area (TPSA) is 115 Å². The molecule has 0 atom stereocenters. The number of hydrogen-bond acceptors (Lipinski definition) is 6. The summed E-state index contributed by atoms with van der Waals surface area (Å²) in [5.41, 5.74) is 0. The van der Waals surface area contributed by atoms with Gasteiger partial charge in [0.15, 0.2) is 0 Å². The number of aryl methyl sites for hydroxylation is 1. The van der Waals surface area contributed by atoms with E-state index in [2.05, 4.69) is 15.6 Å². The van der Waals surface area contributed by atoms with Crippen LogP contribution in [-0.4, -0.2) is 26.9 Å². The molecule has 9 heteroatoms. The van der Waals surface area contributed by atoms with E-state index in [1.807, 2.05) is 0 Å². The van der Waals surface area contributed by atoms with E-state index in [0.717, 1.165) is 0 Å². The Morgan fingerprint density at radius 1 is 1.60 bits per heavy atom. The number of furan rings is 1. The van der Waals surface area contributed by atoms with Crippen LogP contribution in [0.3, 0.4) is 0 Å². The first-order valence-corrected chi connectivity index (χ1v) is 5.76. The number of carbonyl (C=O) groups excluding carboxylic acids is 1. The highest BCUT2D eigenvalue weighted by molar-refractivity contribution is 5.80. The third-order valence-electron chi connectivity index (χ3n) is 2.55. The molecule has 0 saturated heterocycles. The molecule has 2 heterocycles. The molecule has 0 aliphatic rings. The lowest BCUT2D eigenvalue weighted by molar-refractivity contribution is -0.388. The van der Waals surface area contributed by atoms with Gasteiger partial charge in [0.2, 0.25) is 18.1 Å². The Hall–Kier alpha value is -2.84. The van der Waals surface area contributed by atoms with Crippen LogP contribution in [-0.2, 0) is 18.4 Å². The number of nitrogens with one attached hydrogen (secondary N) is 2. The fourth-order valence-corrected chi connectivity index (χ4v) is 1.58. The van der Waals surface area contributed by atoms with Crippen molar-refractivity contribution in [2.24, 2.45) is 7.05 Å². The van der Waals surface area contributed by atoms with Crippen molar-refractivity contribution >= 4 is 17.5 Å². The van der Waals surface area contributed by atoms with Crippen molar-refractivity contribution in [1.29, 1.82) is 0 Å². The molecule has 20 heavy (non-hydrogen) atoms. The maximum atomic E-state index is 11.6. The van der Waals surface area contributed by atoms with Gasteiger partial charge in [0.05, 0.1) is 19.4 Å². The van der Waals surface area contributed by atoms with Crippen LogP contribution in [0.5, 0.6) is 0 Å². The molecule has 0 aliphatic heterocycles. The molecule has 2 aromatic rings. The third-order valence-corrected chi connectivity index (χ3v) is 2.55. The third kappa shape index (κ3) is 3.13. The zero-order valence-electron chi connectivity index (χ0n) is 10.7. The number of nitrogens with zero attached hydrogens (tertiary/aromatic N) is 3. The van der Waals surface area contributed by atoms with Gasteiger partial charge in [-0.05, 0) is 22.0 Å². The highest BCUT2D eigenvalue weighted by atomic mass is 16.6. The Labute approximate surface area is 113 Å².